The van der Waals surface area contributed by atoms with Crippen LogP contribution in [0.4, 0.5) is 16.3 Å². The Morgan fingerprint density at radius 3 is 2.44 bits per heavy atom. The molecule has 5 rings (SSSR count). The molecule has 0 radical (unpaired) electrons. The van der Waals surface area contributed by atoms with Crippen molar-refractivity contribution in [3.05, 3.63) is 78.5 Å². The normalized spacial score (nSPS) is 23.1. The van der Waals surface area contributed by atoms with Gasteiger partial charge in [-0.3, -0.25) is 14.9 Å². The van der Waals surface area contributed by atoms with Gasteiger partial charge in [0.25, 0.3) is 0 Å². The highest BCUT2D eigenvalue weighted by molar-refractivity contribution is 7.61. The summed E-state index contributed by atoms with van der Waals surface area (Å²) >= 11 is 0. The number of aliphatic carboxylic acids is 1. The van der Waals surface area contributed by atoms with E-state index in [9.17, 15) is 27.9 Å². The lowest BCUT2D eigenvalue weighted by atomic mass is 9.68. The van der Waals surface area contributed by atoms with Gasteiger partial charge in [-0.05, 0) is 53.5 Å². The molecule has 2 bridgehead atoms. The van der Waals surface area contributed by atoms with Gasteiger partial charge in [0.2, 0.25) is 0 Å². The average Bonchev–Trinajstić information content (AvgIpc) is 3.31. The Morgan fingerprint density at radius 2 is 1.84 bits per heavy atom. The standard InChI is InChI=1S/C31H33N5O6S/c1-30-14-13-22(18-26(30)37)31(30,2)19-36(35-43(41)42)25(28(38)39)17-20-11-12-23(21-8-4-3-5-9-21)24(16-20)33-29(40)34-27-10-6-7-15-32-27/h3-12,15-16,22,25H,13-14,17-19H2,1-2H3,(H,38,39)(H2,32,33,34,40)/t22-,25-,30+,31-/m0/s1. The van der Waals surface area contributed by atoms with Gasteiger partial charge in [-0.2, -0.15) is 13.4 Å². The highest BCUT2D eigenvalue weighted by Gasteiger charge is 2.64. The molecule has 2 aliphatic carbocycles. The SMILES string of the molecule is C[C@]1(CN(N=S(=O)=O)[C@@H](Cc2ccc(-c3ccccc3)c(NC(=O)Nc3ccccn3)c2)C(=O)O)[C@H]2CC[C@]1(C)C(=O)C2. The van der Waals surface area contributed by atoms with Gasteiger partial charge < -0.3 is 10.4 Å². The highest BCUT2D eigenvalue weighted by Crippen LogP contribution is 2.64. The molecule has 0 saturated heterocycles. The van der Waals surface area contributed by atoms with E-state index >= 15 is 0 Å². The van der Waals surface area contributed by atoms with Crippen molar-refractivity contribution in [3.8, 4) is 11.1 Å². The van der Waals surface area contributed by atoms with Crippen LogP contribution in [0.3, 0.4) is 0 Å². The number of hydrogen-bond donors (Lipinski definition) is 3. The van der Waals surface area contributed by atoms with Gasteiger partial charge in [-0.15, -0.1) is 0 Å². The third-order valence-electron chi connectivity index (χ3n) is 9.26. The van der Waals surface area contributed by atoms with Crippen LogP contribution in [0, 0.1) is 16.7 Å². The van der Waals surface area contributed by atoms with E-state index in [-0.39, 0.29) is 24.7 Å². The molecule has 11 nitrogen and oxygen atoms in total. The number of hydrogen-bond acceptors (Lipinski definition) is 7. The summed E-state index contributed by atoms with van der Waals surface area (Å²) in [6.07, 6.45) is 3.34. The van der Waals surface area contributed by atoms with E-state index in [2.05, 4.69) is 20.1 Å². The second-order valence-electron chi connectivity index (χ2n) is 11.6. The number of aromatic nitrogens is 1. The number of nitrogens with one attached hydrogen (secondary N) is 2. The van der Waals surface area contributed by atoms with Crippen molar-refractivity contribution >= 4 is 39.8 Å². The first kappa shape index (κ1) is 30.1. The third kappa shape index (κ3) is 6.06. The Labute approximate surface area is 251 Å². The number of Topliss-reactive ketones (excluding diaryl/α,β-unsaturated/α-hetero) is 1. The maximum absolute atomic E-state index is 12.9. The van der Waals surface area contributed by atoms with Crippen LogP contribution in [0.2, 0.25) is 0 Å². The minimum absolute atomic E-state index is 0.00450. The number of benzene rings is 2. The summed E-state index contributed by atoms with van der Waals surface area (Å²) in [5, 5.41) is 16.9. The molecular weight excluding hydrogens is 570 g/mol. The smallest absolute Gasteiger partial charge is 0.328 e. The molecule has 0 spiro atoms. The van der Waals surface area contributed by atoms with E-state index in [1.165, 1.54) is 0 Å². The van der Waals surface area contributed by atoms with Gasteiger partial charge >= 0.3 is 22.5 Å². The fourth-order valence-corrected chi connectivity index (χ4v) is 6.96. The summed E-state index contributed by atoms with van der Waals surface area (Å²) in [5.41, 5.74) is 1.20. The van der Waals surface area contributed by atoms with Crippen LogP contribution in [0.5, 0.6) is 0 Å². The fourth-order valence-electron chi connectivity index (χ4n) is 6.61. The number of carbonyl (C=O) groups is 3. The minimum Gasteiger partial charge on any atom is -0.480 e. The number of pyridine rings is 1. The Kier molecular flexibility index (Phi) is 8.43. The number of carboxylic acids is 1. The van der Waals surface area contributed by atoms with Crippen LogP contribution in [0.15, 0.2) is 77.4 Å². The first-order chi connectivity index (χ1) is 20.5. The number of nitrogens with zero attached hydrogens (tertiary/aromatic N) is 3. The zero-order valence-electron chi connectivity index (χ0n) is 23.9. The second kappa shape index (κ2) is 12.1. The van der Waals surface area contributed by atoms with E-state index in [4.69, 9.17) is 0 Å². The van der Waals surface area contributed by atoms with Gasteiger partial charge in [-0.1, -0.05) is 66.9 Å². The number of anilines is 2. The van der Waals surface area contributed by atoms with Crippen molar-refractivity contribution in [2.45, 2.75) is 45.6 Å². The Bertz CT molecular complexity index is 1680. The van der Waals surface area contributed by atoms with Gasteiger partial charge in [0.05, 0.1) is 5.69 Å². The predicted molar refractivity (Wildman–Crippen MR) is 160 cm³/mol. The first-order valence-electron chi connectivity index (χ1n) is 14.0. The largest absolute Gasteiger partial charge is 0.480 e. The molecule has 2 fully saturated rings. The van der Waals surface area contributed by atoms with Crippen molar-refractivity contribution in [2.75, 3.05) is 17.2 Å². The molecule has 2 saturated carbocycles. The molecule has 43 heavy (non-hydrogen) atoms. The lowest BCUT2D eigenvalue weighted by molar-refractivity contribution is -0.144. The van der Waals surface area contributed by atoms with Crippen molar-refractivity contribution in [1.29, 1.82) is 0 Å². The van der Waals surface area contributed by atoms with Crippen LogP contribution in [0.1, 0.15) is 38.7 Å². The quantitative estimate of drug-likeness (QED) is 0.271. The lowest BCUT2D eigenvalue weighted by Gasteiger charge is -2.40. The molecule has 224 valence electrons. The topological polar surface area (TPSA) is 158 Å². The molecule has 2 aliphatic rings. The van der Waals surface area contributed by atoms with Crippen molar-refractivity contribution in [2.24, 2.45) is 21.2 Å². The predicted octanol–water partition coefficient (Wildman–Crippen LogP) is 5.06. The molecule has 3 N–H and O–H groups in total. The molecule has 0 unspecified atom stereocenters. The number of urea groups is 1. The summed E-state index contributed by atoms with van der Waals surface area (Å²) < 4.78 is 27.3. The van der Waals surface area contributed by atoms with Crippen LogP contribution < -0.4 is 10.6 Å². The summed E-state index contributed by atoms with van der Waals surface area (Å²) in [6.45, 7) is 3.83. The van der Waals surface area contributed by atoms with Crippen molar-refractivity contribution < 1.29 is 27.9 Å². The molecule has 12 heteroatoms. The Hall–Kier alpha value is -4.42. The van der Waals surface area contributed by atoms with Crippen LogP contribution >= 0.6 is 0 Å². The summed E-state index contributed by atoms with van der Waals surface area (Å²) in [7, 11) is -2.91. The fraction of sp³-hybridized carbons (Fsp3) is 0.355. The van der Waals surface area contributed by atoms with Crippen molar-refractivity contribution in [3.63, 3.8) is 0 Å². The lowest BCUT2D eigenvalue weighted by Crippen LogP contribution is -2.49. The van der Waals surface area contributed by atoms with E-state index in [1.54, 1.807) is 42.6 Å². The van der Waals surface area contributed by atoms with Gasteiger partial charge in [0, 0.05) is 36.6 Å². The van der Waals surface area contributed by atoms with E-state index in [0.29, 0.717) is 35.5 Å². The molecule has 2 aromatic carbocycles. The van der Waals surface area contributed by atoms with E-state index in [1.807, 2.05) is 44.2 Å². The number of carbonyl (C=O) groups excluding carboxylic acids is 2. The molecular formula is C31H33N5O6S. The van der Waals surface area contributed by atoms with E-state index < -0.39 is 39.4 Å². The van der Waals surface area contributed by atoms with E-state index in [0.717, 1.165) is 17.0 Å². The van der Waals surface area contributed by atoms with Gasteiger partial charge in [0.1, 0.15) is 17.6 Å². The zero-order valence-corrected chi connectivity index (χ0v) is 24.7. The maximum atomic E-state index is 12.9. The van der Waals surface area contributed by atoms with Gasteiger partial charge in [-0.25, -0.2) is 9.78 Å². The zero-order chi connectivity index (χ0) is 30.8. The van der Waals surface area contributed by atoms with Crippen LogP contribution in [-0.4, -0.2) is 53.9 Å². The van der Waals surface area contributed by atoms with Gasteiger partial charge in [0.15, 0.2) is 0 Å². The molecule has 1 aromatic heterocycles. The molecule has 0 aliphatic heterocycles. The summed E-state index contributed by atoms with van der Waals surface area (Å²) in [6, 6.07) is 17.8. The third-order valence-corrected chi connectivity index (χ3v) is 9.60. The minimum atomic E-state index is -2.91. The number of ketones is 1. The second-order valence-corrected chi connectivity index (χ2v) is 12.2. The molecule has 4 atom stereocenters. The maximum Gasteiger partial charge on any atom is 0.328 e. The average molecular weight is 604 g/mol. The number of fused-ring (bicyclic) bond motifs is 2. The highest BCUT2D eigenvalue weighted by atomic mass is 32.2. The number of amides is 2. The summed E-state index contributed by atoms with van der Waals surface area (Å²) in [4.78, 5) is 42.5. The summed E-state index contributed by atoms with van der Waals surface area (Å²) in [5.74, 6) is -0.754. The Morgan fingerprint density at radius 1 is 1.09 bits per heavy atom. The molecule has 3 aromatic rings. The van der Waals surface area contributed by atoms with Crippen molar-refractivity contribution in [1.82, 2.24) is 9.99 Å². The van der Waals surface area contributed by atoms with Crippen LogP contribution in [-0.2, 0) is 26.5 Å². The number of rotatable bonds is 10. The monoisotopic (exact) mass is 603 g/mol. The number of carboxylic acid groups (broad SMARTS) is 1. The van der Waals surface area contributed by atoms with Crippen LogP contribution in [0.25, 0.3) is 11.1 Å². The first-order valence-corrected chi connectivity index (χ1v) is 15.0. The molecule has 2 amide bonds. The Balaban J connectivity index is 1.46. The molecule has 1 heterocycles.